The molecule has 3 aromatic rings. The number of sulfone groups is 1. The van der Waals surface area contributed by atoms with Gasteiger partial charge in [0.05, 0.1) is 16.4 Å². The Morgan fingerprint density at radius 3 is 1.52 bits per heavy atom. The Balaban J connectivity index is 0.000000223. The van der Waals surface area contributed by atoms with Gasteiger partial charge in [-0.05, 0) is 54.1 Å². The molecule has 142 valence electrons. The molecule has 0 aliphatic rings. The van der Waals surface area contributed by atoms with Crippen LogP contribution in [0.1, 0.15) is 11.7 Å². The third-order valence-corrected chi connectivity index (χ3v) is 5.89. The van der Waals surface area contributed by atoms with Crippen LogP contribution >= 0.6 is 23.2 Å². The second kappa shape index (κ2) is 9.88. The molecule has 0 aliphatic heterocycles. The van der Waals surface area contributed by atoms with E-state index in [2.05, 4.69) is 0 Å². The molecule has 1 unspecified atom stereocenters. The average Bonchev–Trinajstić information content (AvgIpc) is 2.69. The summed E-state index contributed by atoms with van der Waals surface area (Å²) >= 11 is 11.4. The number of aliphatic hydroxyl groups is 2. The van der Waals surface area contributed by atoms with E-state index in [4.69, 9.17) is 33.4 Å². The molecule has 0 aliphatic carbocycles. The van der Waals surface area contributed by atoms with E-state index in [1.165, 1.54) is 24.3 Å². The standard InChI is InChI=1S/C12H8Cl2O2S.C8H10O2/c13-9-1-5-11(6-2-9)17(15,16)12-7-3-10(14)4-8-12;9-6-8(10)7-4-2-1-3-5-7/h1-8H;1-5,8-10H,6H2. The lowest BCUT2D eigenvalue weighted by molar-refractivity contribution is 0.0956. The van der Waals surface area contributed by atoms with Gasteiger partial charge in [0, 0.05) is 10.0 Å². The number of rotatable bonds is 4. The van der Waals surface area contributed by atoms with Crippen molar-refractivity contribution in [3.05, 3.63) is 94.5 Å². The summed E-state index contributed by atoms with van der Waals surface area (Å²) in [4.78, 5) is 0.424. The van der Waals surface area contributed by atoms with Crippen molar-refractivity contribution in [2.45, 2.75) is 15.9 Å². The molecule has 1 atom stereocenters. The maximum Gasteiger partial charge on any atom is 0.206 e. The molecule has 0 saturated heterocycles. The second-order valence-corrected chi connectivity index (χ2v) is 8.34. The number of hydrogen-bond donors (Lipinski definition) is 2. The zero-order chi connectivity index (χ0) is 19.9. The third-order valence-electron chi connectivity index (χ3n) is 3.61. The minimum atomic E-state index is -3.49. The number of hydrogen-bond acceptors (Lipinski definition) is 4. The zero-order valence-corrected chi connectivity index (χ0v) is 16.5. The summed E-state index contributed by atoms with van der Waals surface area (Å²) in [5.74, 6) is 0. The summed E-state index contributed by atoms with van der Waals surface area (Å²) < 4.78 is 24.3. The van der Waals surface area contributed by atoms with Crippen molar-refractivity contribution in [3.8, 4) is 0 Å². The van der Waals surface area contributed by atoms with E-state index < -0.39 is 15.9 Å². The lowest BCUT2D eigenvalue weighted by Gasteiger charge is -2.05. The summed E-state index contributed by atoms with van der Waals surface area (Å²) in [5, 5.41) is 18.6. The van der Waals surface area contributed by atoms with Crippen LogP contribution in [0.15, 0.2) is 88.7 Å². The average molecular weight is 425 g/mol. The summed E-state index contributed by atoms with van der Waals surface area (Å²) in [6.07, 6.45) is -0.735. The molecule has 0 aromatic heterocycles. The molecule has 0 amide bonds. The van der Waals surface area contributed by atoms with Crippen LogP contribution in [0.2, 0.25) is 10.0 Å². The highest BCUT2D eigenvalue weighted by molar-refractivity contribution is 7.91. The fraction of sp³-hybridized carbons (Fsp3) is 0.100. The maximum absolute atomic E-state index is 12.2. The van der Waals surface area contributed by atoms with Crippen molar-refractivity contribution in [2.24, 2.45) is 0 Å². The normalized spacial score (nSPS) is 12.0. The molecule has 0 saturated carbocycles. The Morgan fingerprint density at radius 2 is 1.15 bits per heavy atom. The van der Waals surface area contributed by atoms with E-state index in [0.717, 1.165) is 5.56 Å². The van der Waals surface area contributed by atoms with Gasteiger partial charge in [-0.2, -0.15) is 0 Å². The van der Waals surface area contributed by atoms with Crippen LogP contribution in [0.4, 0.5) is 0 Å². The number of benzene rings is 3. The first kappa shape index (κ1) is 21.4. The van der Waals surface area contributed by atoms with Crippen LogP contribution in [0.5, 0.6) is 0 Å². The fourth-order valence-electron chi connectivity index (χ4n) is 2.14. The van der Waals surface area contributed by atoms with Gasteiger partial charge in [0.25, 0.3) is 0 Å². The first-order valence-corrected chi connectivity index (χ1v) is 10.2. The van der Waals surface area contributed by atoms with Crippen molar-refractivity contribution in [1.82, 2.24) is 0 Å². The highest BCUT2D eigenvalue weighted by Crippen LogP contribution is 2.23. The van der Waals surface area contributed by atoms with Gasteiger partial charge in [0.1, 0.15) is 6.10 Å². The van der Waals surface area contributed by atoms with Crippen molar-refractivity contribution in [3.63, 3.8) is 0 Å². The van der Waals surface area contributed by atoms with Gasteiger partial charge in [-0.25, -0.2) is 8.42 Å². The summed E-state index contributed by atoms with van der Waals surface area (Å²) in [6.45, 7) is -0.218. The topological polar surface area (TPSA) is 74.6 Å². The minimum Gasteiger partial charge on any atom is -0.393 e. The lowest BCUT2D eigenvalue weighted by atomic mass is 10.1. The first-order valence-electron chi connectivity index (χ1n) is 7.94. The predicted molar refractivity (Wildman–Crippen MR) is 107 cm³/mol. The van der Waals surface area contributed by atoms with Crippen LogP contribution in [0, 0.1) is 0 Å². The summed E-state index contributed by atoms with van der Waals surface area (Å²) in [6, 6.07) is 21.2. The van der Waals surface area contributed by atoms with Gasteiger partial charge in [-0.15, -0.1) is 0 Å². The first-order chi connectivity index (χ1) is 12.8. The van der Waals surface area contributed by atoms with Gasteiger partial charge >= 0.3 is 0 Å². The van der Waals surface area contributed by atoms with Crippen LogP contribution in [0.3, 0.4) is 0 Å². The summed E-state index contributed by atoms with van der Waals surface area (Å²) in [7, 11) is -3.49. The molecule has 0 bridgehead atoms. The molecular formula is C20H18Cl2O4S. The molecule has 2 N–H and O–H groups in total. The van der Waals surface area contributed by atoms with Gasteiger partial charge < -0.3 is 10.2 Å². The molecule has 0 fully saturated rings. The van der Waals surface area contributed by atoms with E-state index in [0.29, 0.717) is 10.0 Å². The second-order valence-electron chi connectivity index (χ2n) is 5.52. The van der Waals surface area contributed by atoms with Crippen LogP contribution < -0.4 is 0 Å². The minimum absolute atomic E-state index is 0.212. The van der Waals surface area contributed by atoms with Crippen molar-refractivity contribution < 1.29 is 18.6 Å². The number of aliphatic hydroxyl groups excluding tert-OH is 2. The van der Waals surface area contributed by atoms with Crippen LogP contribution in [-0.2, 0) is 9.84 Å². The van der Waals surface area contributed by atoms with Gasteiger partial charge in [0.2, 0.25) is 9.84 Å². The molecule has 7 heteroatoms. The highest BCUT2D eigenvalue weighted by atomic mass is 35.5. The van der Waals surface area contributed by atoms with Crippen molar-refractivity contribution >= 4 is 33.0 Å². The maximum atomic E-state index is 12.2. The van der Waals surface area contributed by atoms with E-state index in [9.17, 15) is 8.42 Å². The van der Waals surface area contributed by atoms with E-state index >= 15 is 0 Å². The molecule has 3 aromatic carbocycles. The van der Waals surface area contributed by atoms with Crippen LogP contribution in [-0.4, -0.2) is 25.2 Å². The molecule has 0 spiro atoms. The Labute approximate surface area is 168 Å². The molecule has 3 rings (SSSR count). The van der Waals surface area contributed by atoms with E-state index in [1.807, 2.05) is 18.2 Å². The smallest absolute Gasteiger partial charge is 0.206 e. The van der Waals surface area contributed by atoms with Crippen LogP contribution in [0.25, 0.3) is 0 Å². The van der Waals surface area contributed by atoms with Crippen molar-refractivity contribution in [2.75, 3.05) is 6.61 Å². The molecule has 0 radical (unpaired) electrons. The SMILES string of the molecule is O=S(=O)(c1ccc(Cl)cc1)c1ccc(Cl)cc1.OCC(O)c1ccccc1. The van der Waals surface area contributed by atoms with Gasteiger partial charge in [-0.3, -0.25) is 0 Å². The zero-order valence-electron chi connectivity index (χ0n) is 14.2. The predicted octanol–water partition coefficient (Wildman–Crippen LogP) is 4.54. The molecular weight excluding hydrogens is 407 g/mol. The highest BCUT2D eigenvalue weighted by Gasteiger charge is 2.16. The Bertz CT molecular complexity index is 890. The fourth-order valence-corrected chi connectivity index (χ4v) is 3.66. The lowest BCUT2D eigenvalue weighted by Crippen LogP contribution is -2.01. The van der Waals surface area contributed by atoms with Gasteiger partial charge in [-0.1, -0.05) is 53.5 Å². The van der Waals surface area contributed by atoms with Gasteiger partial charge in [0.15, 0.2) is 0 Å². The van der Waals surface area contributed by atoms with Crippen molar-refractivity contribution in [1.29, 1.82) is 0 Å². The third kappa shape index (κ3) is 6.06. The molecule has 4 nitrogen and oxygen atoms in total. The quantitative estimate of drug-likeness (QED) is 0.644. The monoisotopic (exact) mass is 424 g/mol. The number of halogens is 2. The Kier molecular flexibility index (Phi) is 7.83. The Hall–Kier alpha value is -1.89. The van der Waals surface area contributed by atoms with E-state index in [1.54, 1.807) is 36.4 Å². The molecule has 27 heavy (non-hydrogen) atoms. The van der Waals surface area contributed by atoms with E-state index in [-0.39, 0.29) is 16.4 Å². The Morgan fingerprint density at radius 1 is 0.741 bits per heavy atom. The largest absolute Gasteiger partial charge is 0.393 e. The molecule has 0 heterocycles. The summed E-state index contributed by atoms with van der Waals surface area (Å²) in [5.41, 5.74) is 0.755.